The van der Waals surface area contributed by atoms with Gasteiger partial charge in [0.1, 0.15) is 5.15 Å². The topological polar surface area (TPSA) is 98.0 Å². The van der Waals surface area contributed by atoms with Gasteiger partial charge >= 0.3 is 0 Å². The zero-order valence-electron chi connectivity index (χ0n) is 13.8. The van der Waals surface area contributed by atoms with Crippen molar-refractivity contribution < 1.29 is 9.72 Å². The smallest absolute Gasteiger partial charge is 0.269 e. The molecule has 2 aromatic rings. The van der Waals surface area contributed by atoms with Crippen LogP contribution >= 0.6 is 11.6 Å². The second-order valence-corrected chi connectivity index (χ2v) is 5.73. The fourth-order valence-electron chi connectivity index (χ4n) is 2.21. The summed E-state index contributed by atoms with van der Waals surface area (Å²) in [5.74, 6) is -0.0607. The van der Waals surface area contributed by atoms with Gasteiger partial charge in [-0.3, -0.25) is 20.2 Å². The predicted molar refractivity (Wildman–Crippen MR) is 96.5 cm³/mol. The van der Waals surface area contributed by atoms with Crippen LogP contribution in [0.25, 0.3) is 6.08 Å². The molecule has 0 aliphatic carbocycles. The number of carbonyl (C=O) groups excluding carboxylic acids is 1. The summed E-state index contributed by atoms with van der Waals surface area (Å²) in [7, 11) is 0. The summed E-state index contributed by atoms with van der Waals surface area (Å²) in [6.07, 6.45) is 5.20. The van der Waals surface area contributed by atoms with Crippen LogP contribution in [0.3, 0.4) is 0 Å². The molecule has 25 heavy (non-hydrogen) atoms. The number of non-ortho nitro benzene ring substituents is 1. The second-order valence-electron chi connectivity index (χ2n) is 5.37. The van der Waals surface area contributed by atoms with Gasteiger partial charge in [-0.2, -0.15) is 0 Å². The molecule has 1 amide bonds. The van der Waals surface area contributed by atoms with Crippen LogP contribution in [0.15, 0.2) is 30.3 Å². The Hall–Kier alpha value is -2.80. The molecule has 1 N–H and O–H groups in total. The number of nitrogens with zero attached hydrogens (tertiary/aromatic N) is 3. The molecule has 8 heteroatoms. The van der Waals surface area contributed by atoms with Crippen molar-refractivity contribution in [2.24, 2.45) is 0 Å². The third-order valence-corrected chi connectivity index (χ3v) is 3.74. The number of hydrogen-bond donors (Lipinski definition) is 1. The Balaban J connectivity index is 1.99. The molecule has 0 saturated heterocycles. The summed E-state index contributed by atoms with van der Waals surface area (Å²) in [6, 6.07) is 6.32. The largest absolute Gasteiger partial charge is 0.295 e. The number of allylic oxidation sites excluding steroid dienone is 1. The molecule has 7 nitrogen and oxygen atoms in total. The van der Waals surface area contributed by atoms with Crippen molar-refractivity contribution in [3.8, 4) is 0 Å². The average molecular weight is 361 g/mol. The van der Waals surface area contributed by atoms with Gasteiger partial charge in [0.25, 0.3) is 5.69 Å². The summed E-state index contributed by atoms with van der Waals surface area (Å²) < 4.78 is 0. The van der Waals surface area contributed by atoms with Gasteiger partial charge in [0, 0.05) is 30.3 Å². The number of nitro groups is 1. The fraction of sp³-hybridized carbons (Fsp3) is 0.235. The molecule has 1 aromatic heterocycles. The third-order valence-electron chi connectivity index (χ3n) is 3.43. The molecule has 0 spiro atoms. The molecule has 0 saturated carbocycles. The maximum atomic E-state index is 11.0. The van der Waals surface area contributed by atoms with Crippen LogP contribution < -0.4 is 5.32 Å². The highest BCUT2D eigenvalue weighted by atomic mass is 35.5. The number of nitro benzene ring substituents is 1. The molecule has 0 aliphatic heterocycles. The molecule has 1 heterocycles. The van der Waals surface area contributed by atoms with Gasteiger partial charge in [-0.1, -0.05) is 23.8 Å². The van der Waals surface area contributed by atoms with Crippen LogP contribution in [0.2, 0.25) is 5.15 Å². The standard InChI is InChI=1S/C17H17ClN4O3/c1-11-15(16(18)21-17(19-11)20-12(2)23)6-4-3-5-13-7-9-14(10-8-13)22(24)25/h3,5,7-10H,4,6H2,1-2H3,(H,19,20,21,23). The van der Waals surface area contributed by atoms with E-state index in [-0.39, 0.29) is 17.5 Å². The van der Waals surface area contributed by atoms with Crippen molar-refractivity contribution in [1.29, 1.82) is 0 Å². The van der Waals surface area contributed by atoms with Gasteiger partial charge in [0.2, 0.25) is 11.9 Å². The van der Waals surface area contributed by atoms with Gasteiger partial charge < -0.3 is 0 Å². The first kappa shape index (κ1) is 18.5. The lowest BCUT2D eigenvalue weighted by Crippen LogP contribution is -2.11. The highest BCUT2D eigenvalue weighted by molar-refractivity contribution is 6.30. The number of hydrogen-bond acceptors (Lipinski definition) is 5. The van der Waals surface area contributed by atoms with Crippen molar-refractivity contribution in [3.05, 3.63) is 62.4 Å². The Bertz CT molecular complexity index is 796. The lowest BCUT2D eigenvalue weighted by Gasteiger charge is -2.08. The van der Waals surface area contributed by atoms with E-state index in [1.807, 2.05) is 19.1 Å². The quantitative estimate of drug-likeness (QED) is 0.477. The molecule has 2 rings (SSSR count). The summed E-state index contributed by atoms with van der Waals surface area (Å²) in [5, 5.41) is 13.4. The molecule has 0 radical (unpaired) electrons. The molecule has 0 aliphatic rings. The van der Waals surface area contributed by atoms with Crippen molar-refractivity contribution in [2.45, 2.75) is 26.7 Å². The van der Waals surface area contributed by atoms with Crippen LogP contribution in [-0.4, -0.2) is 20.8 Å². The molecule has 0 atom stereocenters. The van der Waals surface area contributed by atoms with E-state index in [0.717, 1.165) is 11.1 Å². The Morgan fingerprint density at radius 2 is 2.00 bits per heavy atom. The third kappa shape index (κ3) is 5.36. The molecule has 0 fully saturated rings. The molecular formula is C17H17ClN4O3. The first-order chi connectivity index (χ1) is 11.9. The van der Waals surface area contributed by atoms with E-state index < -0.39 is 4.92 Å². The van der Waals surface area contributed by atoms with E-state index in [0.29, 0.717) is 23.7 Å². The predicted octanol–water partition coefficient (Wildman–Crippen LogP) is 3.95. The molecule has 1 aromatic carbocycles. The Morgan fingerprint density at radius 1 is 1.32 bits per heavy atom. The van der Waals surface area contributed by atoms with E-state index in [2.05, 4.69) is 15.3 Å². The zero-order chi connectivity index (χ0) is 18.4. The van der Waals surface area contributed by atoms with Gasteiger partial charge in [-0.05, 0) is 37.5 Å². The monoisotopic (exact) mass is 360 g/mol. The van der Waals surface area contributed by atoms with E-state index >= 15 is 0 Å². The fourth-order valence-corrected chi connectivity index (χ4v) is 2.52. The maximum Gasteiger partial charge on any atom is 0.269 e. The minimum Gasteiger partial charge on any atom is -0.295 e. The lowest BCUT2D eigenvalue weighted by atomic mass is 10.1. The summed E-state index contributed by atoms with van der Waals surface area (Å²) >= 11 is 6.17. The van der Waals surface area contributed by atoms with Crippen molar-refractivity contribution in [1.82, 2.24) is 9.97 Å². The highest BCUT2D eigenvalue weighted by Gasteiger charge is 2.10. The van der Waals surface area contributed by atoms with Crippen LogP contribution in [0.4, 0.5) is 11.6 Å². The van der Waals surface area contributed by atoms with Crippen molar-refractivity contribution in [3.63, 3.8) is 0 Å². The number of rotatable bonds is 6. The maximum absolute atomic E-state index is 11.0. The first-order valence-corrected chi connectivity index (χ1v) is 7.96. The Morgan fingerprint density at radius 3 is 2.56 bits per heavy atom. The number of anilines is 1. The van der Waals surface area contributed by atoms with Crippen LogP contribution in [0, 0.1) is 17.0 Å². The minimum atomic E-state index is -0.428. The molecule has 130 valence electrons. The first-order valence-electron chi connectivity index (χ1n) is 7.58. The SMILES string of the molecule is CC(=O)Nc1nc(C)c(CCC=Cc2ccc([N+](=O)[O-])cc2)c(Cl)n1. The summed E-state index contributed by atoms with van der Waals surface area (Å²) in [6.45, 7) is 3.19. The number of benzene rings is 1. The summed E-state index contributed by atoms with van der Waals surface area (Å²) in [5.41, 5.74) is 2.48. The van der Waals surface area contributed by atoms with E-state index in [1.54, 1.807) is 12.1 Å². The number of aryl methyl sites for hydroxylation is 1. The van der Waals surface area contributed by atoms with Gasteiger partial charge in [-0.25, -0.2) is 9.97 Å². The van der Waals surface area contributed by atoms with E-state index in [9.17, 15) is 14.9 Å². The highest BCUT2D eigenvalue weighted by Crippen LogP contribution is 2.20. The molecular weight excluding hydrogens is 344 g/mol. The van der Waals surface area contributed by atoms with Crippen molar-refractivity contribution >= 4 is 35.2 Å². The van der Waals surface area contributed by atoms with E-state index in [4.69, 9.17) is 11.6 Å². The Kier molecular flexibility index (Phi) is 6.19. The lowest BCUT2D eigenvalue weighted by molar-refractivity contribution is -0.384. The number of amides is 1. The number of halogens is 1. The van der Waals surface area contributed by atoms with Crippen LogP contribution in [-0.2, 0) is 11.2 Å². The van der Waals surface area contributed by atoms with E-state index in [1.165, 1.54) is 19.1 Å². The van der Waals surface area contributed by atoms with Crippen LogP contribution in [0.5, 0.6) is 0 Å². The number of nitrogens with one attached hydrogen (secondary N) is 1. The Labute approximate surface area is 149 Å². The second kappa shape index (κ2) is 8.34. The van der Waals surface area contributed by atoms with Crippen LogP contribution in [0.1, 0.15) is 30.2 Å². The number of carbonyl (C=O) groups is 1. The van der Waals surface area contributed by atoms with Gasteiger partial charge in [0.15, 0.2) is 0 Å². The average Bonchev–Trinajstić information content (AvgIpc) is 2.53. The number of aromatic nitrogens is 2. The van der Waals surface area contributed by atoms with Crippen molar-refractivity contribution in [2.75, 3.05) is 5.32 Å². The zero-order valence-corrected chi connectivity index (χ0v) is 14.6. The summed E-state index contributed by atoms with van der Waals surface area (Å²) in [4.78, 5) is 29.5. The molecule has 0 unspecified atom stereocenters. The minimum absolute atomic E-state index is 0.0657. The molecule has 0 bridgehead atoms. The normalized spacial score (nSPS) is 10.8. The van der Waals surface area contributed by atoms with Gasteiger partial charge in [0.05, 0.1) is 4.92 Å². The van der Waals surface area contributed by atoms with Gasteiger partial charge in [-0.15, -0.1) is 0 Å².